The molecule has 5 heterocycles. The Morgan fingerprint density at radius 3 is 2.17 bits per heavy atom. The number of benzene rings is 4. The smallest absolute Gasteiger partial charge is 0.260 e. The first-order valence-corrected chi connectivity index (χ1v) is 21.4. The Kier molecular flexibility index (Phi) is 11.4. The number of imidazole rings is 1. The SMILES string of the molecule is COc1ccc(C(OCC2OC(n3cnc4c(/N=C/N(C)C)ncnc43)CC2O[P@@]2O[C@](C)(c3ccccc3)[C@@H]3CCCN32)(c2ccccc2)c2ccc(OC)cc2)cc1. The van der Waals surface area contributed by atoms with Gasteiger partial charge in [-0.2, -0.15) is 0 Å². The molecule has 0 spiro atoms. The van der Waals surface area contributed by atoms with Crippen LogP contribution < -0.4 is 9.47 Å². The second-order valence-electron chi connectivity index (χ2n) is 15.7. The van der Waals surface area contributed by atoms with Crippen molar-refractivity contribution in [3.8, 4) is 11.5 Å². The predicted molar refractivity (Wildman–Crippen MR) is 230 cm³/mol. The highest BCUT2D eigenvalue weighted by Crippen LogP contribution is 2.64. The van der Waals surface area contributed by atoms with E-state index < -0.39 is 38.2 Å². The molecule has 0 aliphatic carbocycles. The van der Waals surface area contributed by atoms with E-state index in [1.165, 1.54) is 6.33 Å². The number of ether oxygens (including phenoxy) is 4. The van der Waals surface area contributed by atoms with Gasteiger partial charge in [-0.1, -0.05) is 84.9 Å². The molecule has 2 aromatic heterocycles. The molecule has 13 nitrogen and oxygen atoms in total. The molecular formula is C46H50N7O6P. The first-order chi connectivity index (χ1) is 29.3. The van der Waals surface area contributed by atoms with Gasteiger partial charge in [-0.05, 0) is 66.3 Å². The van der Waals surface area contributed by atoms with Gasteiger partial charge in [-0.25, -0.2) is 24.6 Å². The van der Waals surface area contributed by atoms with Crippen LogP contribution in [0.25, 0.3) is 11.2 Å². The van der Waals surface area contributed by atoms with Gasteiger partial charge in [0, 0.05) is 27.1 Å². The van der Waals surface area contributed by atoms with Crippen molar-refractivity contribution in [3.05, 3.63) is 144 Å². The summed E-state index contributed by atoms with van der Waals surface area (Å²) in [5, 5.41) is 0. The number of hydrogen-bond donors (Lipinski definition) is 0. The van der Waals surface area contributed by atoms with E-state index in [2.05, 4.69) is 87.2 Å². The average Bonchev–Trinajstić information content (AvgIpc) is 4.10. The number of methoxy groups -OCH3 is 2. The van der Waals surface area contributed by atoms with E-state index in [1.54, 1.807) is 26.9 Å². The van der Waals surface area contributed by atoms with Gasteiger partial charge in [0.05, 0.1) is 45.6 Å². The quantitative estimate of drug-likeness (QED) is 0.0456. The molecule has 6 atom stereocenters. The van der Waals surface area contributed by atoms with Crippen molar-refractivity contribution in [2.24, 2.45) is 4.99 Å². The van der Waals surface area contributed by atoms with Crippen LogP contribution in [-0.2, 0) is 29.7 Å². The number of rotatable bonds is 14. The first kappa shape index (κ1) is 40.2. The van der Waals surface area contributed by atoms with Crippen molar-refractivity contribution in [2.75, 3.05) is 41.5 Å². The standard InChI is InChI=1S/C46H50N7O6P/c1-45(32-13-8-6-9-14-32)40-17-12-26-53(40)60(59-45)58-38-27-41(52-31-49-42-43(50-30-51(2)3)47-29-48-44(42)52)57-39(38)28-56-46(33-15-10-7-11-16-33,34-18-22-36(54-4)23-19-34)35-20-24-37(55-5)25-21-35/h6-11,13-16,18-25,29-31,38-41H,12,17,26-28H2,1-5H3/b50-30+/t38?,39?,40-,41?,45+,60-/m0/s1. The second kappa shape index (κ2) is 17.0. The molecule has 310 valence electrons. The summed E-state index contributed by atoms with van der Waals surface area (Å²) in [5.41, 5.74) is 3.60. The van der Waals surface area contributed by atoms with Crippen LogP contribution in [0.5, 0.6) is 11.5 Å². The van der Waals surface area contributed by atoms with Crippen molar-refractivity contribution >= 4 is 31.8 Å². The van der Waals surface area contributed by atoms with E-state index in [4.69, 9.17) is 33.0 Å². The van der Waals surface area contributed by atoms with E-state index >= 15 is 0 Å². The minimum atomic E-state index is -1.45. The minimum absolute atomic E-state index is 0.177. The maximum Gasteiger partial charge on any atom is 0.260 e. The maximum atomic E-state index is 7.43. The van der Waals surface area contributed by atoms with E-state index in [0.717, 1.165) is 53.1 Å². The van der Waals surface area contributed by atoms with Crippen molar-refractivity contribution in [3.63, 3.8) is 0 Å². The number of hydrogen-bond acceptors (Lipinski definition) is 11. The Labute approximate surface area is 351 Å². The molecular weight excluding hydrogens is 778 g/mol. The molecule has 3 aliphatic rings. The lowest BCUT2D eigenvalue weighted by atomic mass is 9.80. The summed E-state index contributed by atoms with van der Waals surface area (Å²) < 4.78 is 44.3. The zero-order valence-electron chi connectivity index (χ0n) is 34.5. The Balaban J connectivity index is 1.10. The summed E-state index contributed by atoms with van der Waals surface area (Å²) in [7, 11) is 5.71. The normalized spacial score (nSPS) is 24.3. The third kappa shape index (κ3) is 7.44. The Morgan fingerprint density at radius 1 is 0.867 bits per heavy atom. The van der Waals surface area contributed by atoms with Gasteiger partial charge in [0.15, 0.2) is 17.0 Å². The minimum Gasteiger partial charge on any atom is -0.497 e. The zero-order chi connectivity index (χ0) is 41.3. The van der Waals surface area contributed by atoms with Gasteiger partial charge in [0.25, 0.3) is 8.53 Å². The summed E-state index contributed by atoms with van der Waals surface area (Å²) in [6.45, 7) is 3.29. The van der Waals surface area contributed by atoms with Crippen molar-refractivity contribution in [1.29, 1.82) is 0 Å². The molecule has 0 radical (unpaired) electrons. The molecule has 0 bridgehead atoms. The van der Waals surface area contributed by atoms with Crippen LogP contribution in [0.2, 0.25) is 0 Å². The van der Waals surface area contributed by atoms with E-state index in [-0.39, 0.29) is 12.6 Å². The molecule has 3 saturated heterocycles. The van der Waals surface area contributed by atoms with E-state index in [9.17, 15) is 0 Å². The van der Waals surface area contributed by atoms with Crippen molar-refractivity contribution < 1.29 is 28.0 Å². The third-order valence-corrected chi connectivity index (χ3v) is 13.7. The van der Waals surface area contributed by atoms with Crippen LogP contribution in [-0.4, -0.2) is 95.1 Å². The van der Waals surface area contributed by atoms with Gasteiger partial charge >= 0.3 is 0 Å². The summed E-state index contributed by atoms with van der Waals surface area (Å²) in [6.07, 6.45) is 6.18. The van der Waals surface area contributed by atoms with Gasteiger partial charge in [-0.3, -0.25) is 4.57 Å². The van der Waals surface area contributed by atoms with Gasteiger partial charge in [0.1, 0.15) is 41.4 Å². The van der Waals surface area contributed by atoms with Crippen LogP contribution >= 0.6 is 8.53 Å². The molecule has 60 heavy (non-hydrogen) atoms. The van der Waals surface area contributed by atoms with Gasteiger partial charge < -0.3 is 32.9 Å². The highest BCUT2D eigenvalue weighted by molar-refractivity contribution is 7.45. The molecule has 0 N–H and O–H groups in total. The van der Waals surface area contributed by atoms with Crippen LogP contribution in [0.15, 0.2) is 127 Å². The molecule has 3 aliphatic heterocycles. The van der Waals surface area contributed by atoms with Gasteiger partial charge in [-0.15, -0.1) is 0 Å². The summed E-state index contributed by atoms with van der Waals surface area (Å²) in [6, 6.07) is 37.1. The van der Waals surface area contributed by atoms with E-state index in [1.807, 2.05) is 72.1 Å². The van der Waals surface area contributed by atoms with Gasteiger partial charge in [0.2, 0.25) is 0 Å². The summed E-state index contributed by atoms with van der Waals surface area (Å²) in [5.74, 6) is 1.98. The molecule has 9 rings (SSSR count). The Hall–Kier alpha value is -5.27. The fourth-order valence-corrected chi connectivity index (χ4v) is 10.9. The van der Waals surface area contributed by atoms with Crippen LogP contribution in [0.1, 0.15) is 54.7 Å². The van der Waals surface area contributed by atoms with E-state index in [0.29, 0.717) is 23.4 Å². The number of nitrogens with zero attached hydrogens (tertiary/aromatic N) is 7. The largest absolute Gasteiger partial charge is 0.497 e. The zero-order valence-corrected chi connectivity index (χ0v) is 35.4. The molecule has 3 fully saturated rings. The molecule has 6 aromatic rings. The number of aliphatic imine (C=N–C) groups is 1. The van der Waals surface area contributed by atoms with Crippen LogP contribution in [0.4, 0.5) is 5.82 Å². The molecule has 3 unspecified atom stereocenters. The predicted octanol–water partition coefficient (Wildman–Crippen LogP) is 8.38. The number of fused-ring (bicyclic) bond motifs is 2. The summed E-state index contributed by atoms with van der Waals surface area (Å²) in [4.78, 5) is 20.2. The second-order valence-corrected chi connectivity index (χ2v) is 17.1. The average molecular weight is 828 g/mol. The number of aromatic nitrogens is 4. The molecule has 0 saturated carbocycles. The Morgan fingerprint density at radius 2 is 1.52 bits per heavy atom. The third-order valence-electron chi connectivity index (χ3n) is 11.8. The van der Waals surface area contributed by atoms with Crippen molar-refractivity contribution in [1.82, 2.24) is 29.1 Å². The Bertz CT molecular complexity index is 2350. The molecule has 14 heteroatoms. The summed E-state index contributed by atoms with van der Waals surface area (Å²) >= 11 is 0. The molecule has 0 amide bonds. The molecule has 4 aromatic carbocycles. The lowest BCUT2D eigenvalue weighted by molar-refractivity contribution is -0.0909. The van der Waals surface area contributed by atoms with Crippen LogP contribution in [0.3, 0.4) is 0 Å². The lowest BCUT2D eigenvalue weighted by Crippen LogP contribution is -2.38. The maximum absolute atomic E-state index is 7.43. The first-order valence-electron chi connectivity index (χ1n) is 20.3. The topological polar surface area (TPSA) is 118 Å². The van der Waals surface area contributed by atoms with Crippen LogP contribution in [0, 0.1) is 0 Å². The monoisotopic (exact) mass is 827 g/mol. The van der Waals surface area contributed by atoms with Crippen molar-refractivity contribution in [2.45, 2.75) is 61.9 Å². The fourth-order valence-electron chi connectivity index (χ4n) is 8.72. The fraction of sp³-hybridized carbons (Fsp3) is 0.348. The highest BCUT2D eigenvalue weighted by Gasteiger charge is 2.56. The lowest BCUT2D eigenvalue weighted by Gasteiger charge is -2.37. The highest BCUT2D eigenvalue weighted by atomic mass is 31.2.